The van der Waals surface area contributed by atoms with Crippen LogP contribution < -0.4 is 5.32 Å². The second-order valence-electron chi connectivity index (χ2n) is 7.39. The van der Waals surface area contributed by atoms with Crippen molar-refractivity contribution in [2.75, 3.05) is 53.1 Å². The largest absolute Gasteiger partial charge is 0.383 e. The minimum atomic E-state index is 0.0181. The molecule has 2 aliphatic heterocycles. The van der Waals surface area contributed by atoms with Gasteiger partial charge in [-0.3, -0.25) is 9.88 Å². The molecule has 2 fully saturated rings. The summed E-state index contributed by atoms with van der Waals surface area (Å²) in [6.45, 7) is 6.90. The Bertz CT molecular complexity index is 793. The lowest BCUT2D eigenvalue weighted by molar-refractivity contribution is 0.0349. The van der Waals surface area contributed by atoms with Crippen LogP contribution in [0.5, 0.6) is 0 Å². The highest BCUT2D eigenvalue weighted by molar-refractivity contribution is 7.80. The van der Waals surface area contributed by atoms with Crippen LogP contribution in [-0.2, 0) is 16.0 Å². The summed E-state index contributed by atoms with van der Waals surface area (Å²) in [7, 11) is 1.74. The van der Waals surface area contributed by atoms with E-state index in [2.05, 4.69) is 49.1 Å². The third-order valence-corrected chi connectivity index (χ3v) is 6.01. The number of rotatable bonds is 8. The summed E-state index contributed by atoms with van der Waals surface area (Å²) in [6, 6.07) is 10.4. The lowest BCUT2D eigenvalue weighted by Crippen LogP contribution is -2.42. The van der Waals surface area contributed by atoms with Crippen LogP contribution in [0.25, 0.3) is 0 Å². The molecular weight excluding hydrogens is 386 g/mol. The van der Waals surface area contributed by atoms with E-state index in [4.69, 9.17) is 21.7 Å². The van der Waals surface area contributed by atoms with Gasteiger partial charge in [-0.25, -0.2) is 0 Å². The Morgan fingerprint density at radius 2 is 2.03 bits per heavy atom. The number of morpholine rings is 1. The van der Waals surface area contributed by atoms with Gasteiger partial charge in [-0.1, -0.05) is 6.07 Å². The van der Waals surface area contributed by atoms with Crippen LogP contribution in [0.15, 0.2) is 42.7 Å². The van der Waals surface area contributed by atoms with Crippen LogP contribution >= 0.6 is 12.2 Å². The van der Waals surface area contributed by atoms with Gasteiger partial charge in [0.05, 0.1) is 37.6 Å². The summed E-state index contributed by atoms with van der Waals surface area (Å²) in [5.74, 6) is 0. The van der Waals surface area contributed by atoms with E-state index in [0.29, 0.717) is 6.61 Å². The Labute approximate surface area is 177 Å². The van der Waals surface area contributed by atoms with Crippen molar-refractivity contribution in [3.8, 4) is 0 Å². The third kappa shape index (κ3) is 4.61. The van der Waals surface area contributed by atoms with Crippen molar-refractivity contribution in [2.45, 2.75) is 18.6 Å². The maximum atomic E-state index is 5.78. The minimum Gasteiger partial charge on any atom is -0.383 e. The van der Waals surface area contributed by atoms with Crippen molar-refractivity contribution in [3.05, 3.63) is 54.1 Å². The fourth-order valence-electron chi connectivity index (χ4n) is 4.13. The first-order valence-corrected chi connectivity index (χ1v) is 10.6. The van der Waals surface area contributed by atoms with Gasteiger partial charge >= 0.3 is 0 Å². The zero-order valence-corrected chi connectivity index (χ0v) is 17.7. The van der Waals surface area contributed by atoms with Crippen LogP contribution in [-0.4, -0.2) is 77.6 Å². The molecule has 7 nitrogen and oxygen atoms in total. The van der Waals surface area contributed by atoms with Crippen LogP contribution in [0, 0.1) is 0 Å². The molecule has 1 N–H and O–H groups in total. The molecule has 4 rings (SSSR count). The zero-order chi connectivity index (χ0) is 20.1. The SMILES string of the molecule is COCCn1cccc1[C@H]1[C@@H](c2ccccn2)NC(=S)N1CCN1CCOCC1. The summed E-state index contributed by atoms with van der Waals surface area (Å²) < 4.78 is 13.1. The maximum Gasteiger partial charge on any atom is 0.170 e. The Morgan fingerprint density at radius 3 is 2.79 bits per heavy atom. The molecule has 2 saturated heterocycles. The first-order valence-electron chi connectivity index (χ1n) is 10.2. The summed E-state index contributed by atoms with van der Waals surface area (Å²) in [5.41, 5.74) is 2.24. The van der Waals surface area contributed by atoms with E-state index in [1.165, 1.54) is 5.69 Å². The third-order valence-electron chi connectivity index (χ3n) is 5.66. The number of nitrogens with one attached hydrogen (secondary N) is 1. The van der Waals surface area contributed by atoms with E-state index >= 15 is 0 Å². The van der Waals surface area contributed by atoms with Crippen LogP contribution in [0.2, 0.25) is 0 Å². The highest BCUT2D eigenvalue weighted by Gasteiger charge is 2.41. The molecule has 0 saturated carbocycles. The molecule has 156 valence electrons. The number of thiocarbonyl (C=S) groups is 1. The Hall–Kier alpha value is -2.00. The van der Waals surface area contributed by atoms with Crippen LogP contribution in [0.4, 0.5) is 0 Å². The molecule has 0 aliphatic carbocycles. The normalized spacial score (nSPS) is 22.8. The predicted molar refractivity (Wildman–Crippen MR) is 116 cm³/mol. The number of pyridine rings is 1. The number of nitrogens with zero attached hydrogens (tertiary/aromatic N) is 4. The summed E-state index contributed by atoms with van der Waals surface area (Å²) in [5, 5.41) is 4.33. The second kappa shape index (κ2) is 9.67. The monoisotopic (exact) mass is 415 g/mol. The van der Waals surface area contributed by atoms with Crippen LogP contribution in [0.1, 0.15) is 23.5 Å². The summed E-state index contributed by atoms with van der Waals surface area (Å²) in [4.78, 5) is 9.39. The van der Waals surface area contributed by atoms with Gasteiger partial charge in [-0.2, -0.15) is 0 Å². The van der Waals surface area contributed by atoms with Gasteiger partial charge in [-0.15, -0.1) is 0 Å². The number of hydrogen-bond donors (Lipinski definition) is 1. The van der Waals surface area contributed by atoms with Gasteiger partial charge in [-0.05, 0) is 36.5 Å². The van der Waals surface area contributed by atoms with E-state index in [9.17, 15) is 0 Å². The molecule has 2 atom stereocenters. The predicted octanol–water partition coefficient (Wildman–Crippen LogP) is 1.83. The molecule has 2 aromatic rings. The van der Waals surface area contributed by atoms with Gasteiger partial charge < -0.3 is 24.3 Å². The van der Waals surface area contributed by atoms with Crippen molar-refractivity contribution in [3.63, 3.8) is 0 Å². The molecule has 0 unspecified atom stereocenters. The van der Waals surface area contributed by atoms with Gasteiger partial charge in [0.25, 0.3) is 0 Å². The van der Waals surface area contributed by atoms with E-state index in [0.717, 1.165) is 56.7 Å². The standard InChI is InChI=1S/C21H29N5O2S/c1-27-14-13-25-8-4-6-18(25)20-19(17-5-2-3-7-22-17)23-21(29)26(20)10-9-24-11-15-28-16-12-24/h2-8,19-20H,9-16H2,1H3,(H,23,29)/t19-,20+/m1/s1. The lowest BCUT2D eigenvalue weighted by atomic mass is 10.0. The maximum absolute atomic E-state index is 5.78. The molecule has 29 heavy (non-hydrogen) atoms. The Balaban J connectivity index is 1.60. The van der Waals surface area contributed by atoms with Crippen molar-refractivity contribution in [1.82, 2.24) is 24.7 Å². The van der Waals surface area contributed by atoms with E-state index in [1.54, 1.807) is 7.11 Å². The second-order valence-corrected chi connectivity index (χ2v) is 7.78. The van der Waals surface area contributed by atoms with Gasteiger partial charge in [0.2, 0.25) is 0 Å². The van der Waals surface area contributed by atoms with Gasteiger partial charge in [0, 0.05) is 57.9 Å². The molecule has 8 heteroatoms. The molecule has 4 heterocycles. The number of ether oxygens (including phenoxy) is 2. The van der Waals surface area contributed by atoms with Crippen molar-refractivity contribution in [2.24, 2.45) is 0 Å². The van der Waals surface area contributed by atoms with Crippen molar-refractivity contribution in [1.29, 1.82) is 0 Å². The highest BCUT2D eigenvalue weighted by atomic mass is 32.1. The first-order chi connectivity index (χ1) is 14.3. The molecule has 0 bridgehead atoms. The van der Waals surface area contributed by atoms with E-state index in [-0.39, 0.29) is 12.1 Å². The first kappa shape index (κ1) is 20.3. The van der Waals surface area contributed by atoms with Gasteiger partial charge in [0.1, 0.15) is 0 Å². The molecular formula is C21H29N5O2S. The summed E-state index contributed by atoms with van der Waals surface area (Å²) in [6.07, 6.45) is 3.96. The fraction of sp³-hybridized carbons (Fsp3) is 0.524. The van der Waals surface area contributed by atoms with Crippen molar-refractivity contribution < 1.29 is 9.47 Å². The average molecular weight is 416 g/mol. The highest BCUT2D eigenvalue weighted by Crippen LogP contribution is 2.38. The van der Waals surface area contributed by atoms with Crippen LogP contribution in [0.3, 0.4) is 0 Å². The summed E-state index contributed by atoms with van der Waals surface area (Å²) >= 11 is 5.78. The lowest BCUT2D eigenvalue weighted by Gasteiger charge is -2.32. The van der Waals surface area contributed by atoms with E-state index in [1.807, 2.05) is 18.3 Å². The molecule has 0 aromatic carbocycles. The molecule has 0 radical (unpaired) electrons. The molecule has 0 spiro atoms. The smallest absolute Gasteiger partial charge is 0.170 e. The molecule has 0 amide bonds. The topological polar surface area (TPSA) is 54.8 Å². The minimum absolute atomic E-state index is 0.0181. The average Bonchev–Trinajstić information content (AvgIpc) is 3.35. The van der Waals surface area contributed by atoms with Gasteiger partial charge in [0.15, 0.2) is 5.11 Å². The number of hydrogen-bond acceptors (Lipinski definition) is 5. The Kier molecular flexibility index (Phi) is 6.76. The number of methoxy groups -OCH3 is 1. The zero-order valence-electron chi connectivity index (χ0n) is 16.9. The molecule has 2 aliphatic rings. The molecule has 2 aromatic heterocycles. The number of aromatic nitrogens is 2. The fourth-order valence-corrected chi connectivity index (χ4v) is 4.46. The quantitative estimate of drug-likeness (QED) is 0.660. The van der Waals surface area contributed by atoms with E-state index < -0.39 is 0 Å². The Morgan fingerprint density at radius 1 is 1.17 bits per heavy atom. The van der Waals surface area contributed by atoms with Crippen molar-refractivity contribution >= 4 is 17.3 Å².